The summed E-state index contributed by atoms with van der Waals surface area (Å²) < 4.78 is 0. The third-order valence-corrected chi connectivity index (χ3v) is 4.59. The lowest BCUT2D eigenvalue weighted by Crippen LogP contribution is -2.41. The van der Waals surface area contributed by atoms with Crippen molar-refractivity contribution in [3.8, 4) is 0 Å². The molecule has 0 fully saturated rings. The van der Waals surface area contributed by atoms with Gasteiger partial charge in [0.05, 0.1) is 12.6 Å². The Morgan fingerprint density at radius 2 is 1.59 bits per heavy atom. The van der Waals surface area contributed by atoms with E-state index < -0.39 is 0 Å². The van der Waals surface area contributed by atoms with Crippen molar-refractivity contribution in [1.82, 2.24) is 10.6 Å². The van der Waals surface area contributed by atoms with E-state index in [0.717, 1.165) is 34.4 Å². The zero-order valence-corrected chi connectivity index (χ0v) is 16.8. The van der Waals surface area contributed by atoms with Crippen LogP contribution in [-0.2, 0) is 11.2 Å². The van der Waals surface area contributed by atoms with Gasteiger partial charge in [-0.15, -0.1) is 0 Å². The van der Waals surface area contributed by atoms with Crippen LogP contribution in [-0.4, -0.2) is 18.5 Å². The van der Waals surface area contributed by atoms with Gasteiger partial charge in [0, 0.05) is 5.69 Å². The molecule has 1 atom stereocenters. The molecule has 0 aliphatic heterocycles. The quantitative estimate of drug-likeness (QED) is 0.717. The average Bonchev–Trinajstić information content (AvgIpc) is 2.63. The normalized spacial score (nSPS) is 11.6. The SMILES string of the molecule is CCc1ccc(C(C)NC(=O)NCC(=O)Nc2c(C)cc(C)cc2C)cc1. The number of carbonyl (C=O) groups excluding carboxylic acids is 2. The second-order valence-corrected chi connectivity index (χ2v) is 6.97. The van der Waals surface area contributed by atoms with Gasteiger partial charge in [-0.1, -0.05) is 48.9 Å². The van der Waals surface area contributed by atoms with Crippen molar-refractivity contribution >= 4 is 17.6 Å². The van der Waals surface area contributed by atoms with E-state index in [0.29, 0.717) is 0 Å². The summed E-state index contributed by atoms with van der Waals surface area (Å²) >= 11 is 0. The van der Waals surface area contributed by atoms with Gasteiger partial charge in [0.15, 0.2) is 0 Å². The first-order valence-corrected chi connectivity index (χ1v) is 9.31. The highest BCUT2D eigenvalue weighted by Crippen LogP contribution is 2.21. The second-order valence-electron chi connectivity index (χ2n) is 6.97. The van der Waals surface area contributed by atoms with Gasteiger partial charge in [-0.3, -0.25) is 4.79 Å². The molecule has 2 aromatic carbocycles. The first-order valence-electron chi connectivity index (χ1n) is 9.31. The Labute approximate surface area is 161 Å². The summed E-state index contributed by atoms with van der Waals surface area (Å²) in [5.41, 5.74) is 6.26. The molecule has 5 heteroatoms. The van der Waals surface area contributed by atoms with Crippen LogP contribution in [0.3, 0.4) is 0 Å². The molecule has 0 aliphatic rings. The fourth-order valence-electron chi connectivity index (χ4n) is 3.09. The van der Waals surface area contributed by atoms with Crippen LogP contribution in [0.25, 0.3) is 0 Å². The largest absolute Gasteiger partial charge is 0.332 e. The summed E-state index contributed by atoms with van der Waals surface area (Å²) in [6.45, 7) is 9.88. The third kappa shape index (κ3) is 5.84. The van der Waals surface area contributed by atoms with Gasteiger partial charge in [-0.05, 0) is 56.4 Å². The van der Waals surface area contributed by atoms with Crippen LogP contribution in [0, 0.1) is 20.8 Å². The number of carbonyl (C=O) groups is 2. The smallest absolute Gasteiger partial charge is 0.315 e. The van der Waals surface area contributed by atoms with Crippen LogP contribution in [0.5, 0.6) is 0 Å². The monoisotopic (exact) mass is 367 g/mol. The van der Waals surface area contributed by atoms with E-state index in [1.165, 1.54) is 5.56 Å². The lowest BCUT2D eigenvalue weighted by atomic mass is 10.1. The zero-order chi connectivity index (χ0) is 20.0. The molecule has 2 aromatic rings. The van der Waals surface area contributed by atoms with Crippen LogP contribution in [0.15, 0.2) is 36.4 Å². The van der Waals surface area contributed by atoms with Gasteiger partial charge >= 0.3 is 6.03 Å². The van der Waals surface area contributed by atoms with E-state index >= 15 is 0 Å². The van der Waals surface area contributed by atoms with Crippen molar-refractivity contribution in [2.24, 2.45) is 0 Å². The summed E-state index contributed by atoms with van der Waals surface area (Å²) in [4.78, 5) is 24.3. The van der Waals surface area contributed by atoms with E-state index in [1.807, 2.05) is 52.0 Å². The Balaban J connectivity index is 1.85. The Kier molecular flexibility index (Phi) is 6.99. The Bertz CT molecular complexity index is 790. The van der Waals surface area contributed by atoms with Crippen LogP contribution in [0.2, 0.25) is 0 Å². The molecule has 0 heterocycles. The van der Waals surface area contributed by atoms with Crippen LogP contribution < -0.4 is 16.0 Å². The number of anilines is 1. The number of nitrogens with one attached hydrogen (secondary N) is 3. The molecule has 5 nitrogen and oxygen atoms in total. The Hall–Kier alpha value is -2.82. The molecule has 2 rings (SSSR count). The number of urea groups is 1. The minimum absolute atomic E-state index is 0.0833. The lowest BCUT2D eigenvalue weighted by Gasteiger charge is -2.16. The topological polar surface area (TPSA) is 70.2 Å². The van der Waals surface area contributed by atoms with Gasteiger partial charge in [-0.25, -0.2) is 4.79 Å². The molecule has 0 bridgehead atoms. The van der Waals surface area contributed by atoms with Gasteiger partial charge in [0.2, 0.25) is 5.91 Å². The van der Waals surface area contributed by atoms with Crippen molar-refractivity contribution < 1.29 is 9.59 Å². The van der Waals surface area contributed by atoms with Crippen LogP contribution >= 0.6 is 0 Å². The van der Waals surface area contributed by atoms with Crippen LogP contribution in [0.4, 0.5) is 10.5 Å². The molecule has 3 N–H and O–H groups in total. The molecule has 0 saturated carbocycles. The average molecular weight is 367 g/mol. The van der Waals surface area contributed by atoms with Gasteiger partial charge in [-0.2, -0.15) is 0 Å². The first-order chi connectivity index (χ1) is 12.8. The standard InChI is InChI=1S/C22H29N3O2/c1-6-18-7-9-19(10-8-18)17(5)24-22(27)23-13-20(26)25-21-15(3)11-14(2)12-16(21)4/h7-12,17H,6,13H2,1-5H3,(H,25,26)(H2,23,24,27). The highest BCUT2D eigenvalue weighted by atomic mass is 16.2. The predicted molar refractivity (Wildman–Crippen MR) is 110 cm³/mol. The first kappa shape index (κ1) is 20.5. The van der Waals surface area contributed by atoms with E-state index in [-0.39, 0.29) is 24.5 Å². The van der Waals surface area contributed by atoms with Gasteiger partial charge < -0.3 is 16.0 Å². The summed E-state index contributed by atoms with van der Waals surface area (Å²) in [5.74, 6) is -0.250. The van der Waals surface area contributed by atoms with Crippen molar-refractivity contribution in [3.63, 3.8) is 0 Å². The molecule has 0 aromatic heterocycles. The maximum absolute atomic E-state index is 12.2. The lowest BCUT2D eigenvalue weighted by molar-refractivity contribution is -0.115. The van der Waals surface area contributed by atoms with E-state index in [1.54, 1.807) is 0 Å². The minimum Gasteiger partial charge on any atom is -0.332 e. The maximum atomic E-state index is 12.2. The van der Waals surface area contributed by atoms with Crippen molar-refractivity contribution in [2.45, 2.75) is 47.1 Å². The number of benzene rings is 2. The molecule has 27 heavy (non-hydrogen) atoms. The van der Waals surface area contributed by atoms with E-state index in [4.69, 9.17) is 0 Å². The highest BCUT2D eigenvalue weighted by Gasteiger charge is 2.12. The van der Waals surface area contributed by atoms with Crippen molar-refractivity contribution in [1.29, 1.82) is 0 Å². The van der Waals surface area contributed by atoms with Crippen molar-refractivity contribution in [2.75, 3.05) is 11.9 Å². The summed E-state index contributed by atoms with van der Waals surface area (Å²) in [7, 11) is 0. The second kappa shape index (κ2) is 9.21. The van der Waals surface area contributed by atoms with E-state index in [2.05, 4.69) is 35.0 Å². The molecule has 3 amide bonds. The number of rotatable bonds is 6. The third-order valence-electron chi connectivity index (χ3n) is 4.59. The molecular formula is C22H29N3O2. The molecule has 144 valence electrons. The zero-order valence-electron chi connectivity index (χ0n) is 16.8. The number of amides is 3. The highest BCUT2D eigenvalue weighted by molar-refractivity contribution is 5.95. The number of aryl methyl sites for hydroxylation is 4. The summed E-state index contributed by atoms with van der Waals surface area (Å²) in [5, 5.41) is 8.34. The van der Waals surface area contributed by atoms with Crippen molar-refractivity contribution in [3.05, 3.63) is 64.2 Å². The van der Waals surface area contributed by atoms with E-state index in [9.17, 15) is 9.59 Å². The number of hydrogen-bond donors (Lipinski definition) is 3. The minimum atomic E-state index is -0.366. The van der Waals surface area contributed by atoms with Crippen LogP contribution in [0.1, 0.15) is 47.7 Å². The molecular weight excluding hydrogens is 338 g/mol. The Morgan fingerprint density at radius 3 is 2.15 bits per heavy atom. The fraction of sp³-hybridized carbons (Fsp3) is 0.364. The van der Waals surface area contributed by atoms with Gasteiger partial charge in [0.25, 0.3) is 0 Å². The molecule has 0 saturated heterocycles. The fourth-order valence-corrected chi connectivity index (χ4v) is 3.09. The molecule has 0 radical (unpaired) electrons. The Morgan fingerprint density at radius 1 is 1.00 bits per heavy atom. The molecule has 0 aliphatic carbocycles. The van der Waals surface area contributed by atoms with Gasteiger partial charge in [0.1, 0.15) is 0 Å². The number of hydrogen-bond acceptors (Lipinski definition) is 2. The summed E-state index contributed by atoms with van der Waals surface area (Å²) in [6.07, 6.45) is 0.984. The molecule has 0 spiro atoms. The predicted octanol–water partition coefficient (Wildman–Crippen LogP) is 4.17. The summed E-state index contributed by atoms with van der Waals surface area (Å²) in [6, 6.07) is 11.7. The molecule has 1 unspecified atom stereocenters. The maximum Gasteiger partial charge on any atom is 0.315 e.